The Hall–Kier alpha value is -1.32. The van der Waals surface area contributed by atoms with Crippen molar-refractivity contribution in [2.75, 3.05) is 5.73 Å². The molecule has 2 aromatic rings. The molecule has 1 heterocycles. The molecule has 0 aliphatic carbocycles. The number of benzene rings is 1. The van der Waals surface area contributed by atoms with E-state index in [2.05, 4.69) is 9.97 Å². The molecule has 3 nitrogen and oxygen atoms in total. The van der Waals surface area contributed by atoms with Gasteiger partial charge in [-0.2, -0.15) is 0 Å². The summed E-state index contributed by atoms with van der Waals surface area (Å²) in [4.78, 5) is 8.59. The number of rotatable bonds is 1. The van der Waals surface area contributed by atoms with Crippen LogP contribution >= 0.6 is 23.2 Å². The summed E-state index contributed by atoms with van der Waals surface area (Å²) in [5.74, 6) is 0.907. The summed E-state index contributed by atoms with van der Waals surface area (Å²) in [7, 11) is 0. The van der Waals surface area contributed by atoms with Crippen LogP contribution in [0.15, 0.2) is 18.2 Å². The molecule has 88 valence electrons. The molecule has 0 radical (unpaired) electrons. The summed E-state index contributed by atoms with van der Waals surface area (Å²) < 4.78 is 0. The van der Waals surface area contributed by atoms with Crippen molar-refractivity contribution in [1.29, 1.82) is 0 Å². The van der Waals surface area contributed by atoms with E-state index in [0.717, 1.165) is 11.3 Å². The molecular weight excluding hydrogens is 257 g/mol. The van der Waals surface area contributed by atoms with Gasteiger partial charge in [0.25, 0.3) is 0 Å². The summed E-state index contributed by atoms with van der Waals surface area (Å²) >= 11 is 12.2. The van der Waals surface area contributed by atoms with E-state index in [1.165, 1.54) is 0 Å². The predicted molar refractivity (Wildman–Crippen MR) is 71.4 cm³/mol. The molecule has 5 heteroatoms. The molecule has 17 heavy (non-hydrogen) atoms. The molecule has 1 aromatic carbocycles. The van der Waals surface area contributed by atoms with Gasteiger partial charge < -0.3 is 5.73 Å². The van der Waals surface area contributed by atoms with Crippen LogP contribution in [0, 0.1) is 13.8 Å². The van der Waals surface area contributed by atoms with Crippen molar-refractivity contribution in [3.8, 4) is 11.4 Å². The van der Waals surface area contributed by atoms with Crippen molar-refractivity contribution in [1.82, 2.24) is 9.97 Å². The van der Waals surface area contributed by atoms with Gasteiger partial charge in [-0.05, 0) is 26.0 Å². The highest BCUT2D eigenvalue weighted by atomic mass is 35.5. The Kier molecular flexibility index (Phi) is 3.22. The molecule has 1 aromatic heterocycles. The average molecular weight is 268 g/mol. The van der Waals surface area contributed by atoms with E-state index in [1.54, 1.807) is 18.2 Å². The highest BCUT2D eigenvalue weighted by Gasteiger charge is 2.13. The quantitative estimate of drug-likeness (QED) is 0.858. The molecule has 2 N–H and O–H groups in total. The molecule has 0 unspecified atom stereocenters. The van der Waals surface area contributed by atoms with Crippen molar-refractivity contribution >= 4 is 29.0 Å². The van der Waals surface area contributed by atoms with Gasteiger partial charge in [0.15, 0.2) is 5.82 Å². The van der Waals surface area contributed by atoms with E-state index in [0.29, 0.717) is 27.3 Å². The van der Waals surface area contributed by atoms with E-state index in [9.17, 15) is 0 Å². The van der Waals surface area contributed by atoms with E-state index in [-0.39, 0.29) is 0 Å². The van der Waals surface area contributed by atoms with Crippen LogP contribution in [-0.4, -0.2) is 9.97 Å². The molecule has 0 saturated heterocycles. The first-order chi connectivity index (χ1) is 8.00. The summed E-state index contributed by atoms with van der Waals surface area (Å²) in [5, 5.41) is 1.03. The second-order valence-electron chi connectivity index (χ2n) is 3.74. The molecule has 0 spiro atoms. The zero-order chi connectivity index (χ0) is 12.6. The standard InChI is InChI=1S/C12H11Cl2N3/c1-6-7(2)16-12(17-11(6)15)10-8(13)4-3-5-9(10)14/h3-5H,1-2H3,(H2,15,16,17). The third-order valence-corrected chi connectivity index (χ3v) is 3.24. The van der Waals surface area contributed by atoms with Gasteiger partial charge in [-0.15, -0.1) is 0 Å². The first-order valence-electron chi connectivity index (χ1n) is 5.06. The number of anilines is 1. The number of aromatic nitrogens is 2. The highest BCUT2D eigenvalue weighted by molar-refractivity contribution is 6.38. The molecule has 0 bridgehead atoms. The van der Waals surface area contributed by atoms with Crippen LogP contribution < -0.4 is 5.73 Å². The topological polar surface area (TPSA) is 51.8 Å². The maximum Gasteiger partial charge on any atom is 0.164 e. The monoisotopic (exact) mass is 267 g/mol. The highest BCUT2D eigenvalue weighted by Crippen LogP contribution is 2.33. The van der Waals surface area contributed by atoms with Gasteiger partial charge in [0.2, 0.25) is 0 Å². The van der Waals surface area contributed by atoms with Gasteiger partial charge in [-0.25, -0.2) is 9.97 Å². The minimum Gasteiger partial charge on any atom is -0.383 e. The summed E-state index contributed by atoms with van der Waals surface area (Å²) in [5.41, 5.74) is 8.13. The fraction of sp³-hybridized carbons (Fsp3) is 0.167. The number of nitrogens with two attached hydrogens (primary N) is 1. The zero-order valence-corrected chi connectivity index (χ0v) is 11.0. The summed E-state index contributed by atoms with van der Waals surface area (Å²) in [6.45, 7) is 3.75. The minimum atomic E-state index is 0.448. The lowest BCUT2D eigenvalue weighted by atomic mass is 10.2. The first kappa shape index (κ1) is 12.1. The normalized spacial score (nSPS) is 10.6. The Bertz CT molecular complexity index is 539. The number of hydrogen-bond donors (Lipinski definition) is 1. The molecule has 0 fully saturated rings. The van der Waals surface area contributed by atoms with Gasteiger partial charge >= 0.3 is 0 Å². The Labute approximate surface area is 110 Å². The second-order valence-corrected chi connectivity index (χ2v) is 4.55. The van der Waals surface area contributed by atoms with E-state index < -0.39 is 0 Å². The third-order valence-electron chi connectivity index (χ3n) is 2.61. The molecule has 2 rings (SSSR count). The number of nitrogens with zero attached hydrogens (tertiary/aromatic N) is 2. The maximum absolute atomic E-state index is 6.10. The lowest BCUT2D eigenvalue weighted by Gasteiger charge is -2.09. The molecule has 0 atom stereocenters. The summed E-state index contributed by atoms with van der Waals surface area (Å²) in [6.07, 6.45) is 0. The van der Waals surface area contributed by atoms with Crippen LogP contribution in [0.25, 0.3) is 11.4 Å². The van der Waals surface area contributed by atoms with Gasteiger partial charge in [-0.3, -0.25) is 0 Å². The maximum atomic E-state index is 6.10. The Morgan fingerprint density at radius 3 is 2.18 bits per heavy atom. The van der Waals surface area contributed by atoms with Gasteiger partial charge in [0.05, 0.1) is 15.6 Å². The van der Waals surface area contributed by atoms with Crippen LogP contribution in [0.5, 0.6) is 0 Å². The second kappa shape index (κ2) is 4.51. The Morgan fingerprint density at radius 1 is 1.06 bits per heavy atom. The number of hydrogen-bond acceptors (Lipinski definition) is 3. The van der Waals surface area contributed by atoms with Gasteiger partial charge in [-0.1, -0.05) is 29.3 Å². The van der Waals surface area contributed by atoms with Gasteiger partial charge in [0.1, 0.15) is 5.82 Å². The smallest absolute Gasteiger partial charge is 0.164 e. The Morgan fingerprint density at radius 2 is 1.65 bits per heavy atom. The van der Waals surface area contributed by atoms with Crippen LogP contribution in [0.3, 0.4) is 0 Å². The van der Waals surface area contributed by atoms with Crippen LogP contribution in [-0.2, 0) is 0 Å². The lowest BCUT2D eigenvalue weighted by Crippen LogP contribution is -2.02. The van der Waals surface area contributed by atoms with Crippen LogP contribution in [0.1, 0.15) is 11.3 Å². The lowest BCUT2D eigenvalue weighted by molar-refractivity contribution is 1.08. The Balaban J connectivity index is 2.69. The summed E-state index contributed by atoms with van der Waals surface area (Å²) in [6, 6.07) is 5.27. The third kappa shape index (κ3) is 2.21. The molecule has 0 amide bonds. The molecular formula is C12H11Cl2N3. The number of nitrogen functional groups attached to an aromatic ring is 1. The van der Waals surface area contributed by atoms with Crippen molar-refractivity contribution in [3.05, 3.63) is 39.5 Å². The largest absolute Gasteiger partial charge is 0.383 e. The fourth-order valence-corrected chi connectivity index (χ4v) is 2.04. The zero-order valence-electron chi connectivity index (χ0n) is 9.46. The first-order valence-corrected chi connectivity index (χ1v) is 5.81. The van der Waals surface area contributed by atoms with E-state index in [1.807, 2.05) is 13.8 Å². The van der Waals surface area contributed by atoms with E-state index in [4.69, 9.17) is 28.9 Å². The van der Waals surface area contributed by atoms with Crippen molar-refractivity contribution < 1.29 is 0 Å². The number of halogens is 2. The minimum absolute atomic E-state index is 0.448. The predicted octanol–water partition coefficient (Wildman–Crippen LogP) is 3.65. The SMILES string of the molecule is Cc1nc(-c2c(Cl)cccc2Cl)nc(N)c1C. The molecule has 0 aliphatic rings. The van der Waals surface area contributed by atoms with E-state index >= 15 is 0 Å². The molecule has 0 aliphatic heterocycles. The van der Waals surface area contributed by atoms with Crippen molar-refractivity contribution in [2.24, 2.45) is 0 Å². The average Bonchev–Trinajstić information content (AvgIpc) is 2.25. The van der Waals surface area contributed by atoms with Crippen molar-refractivity contribution in [2.45, 2.75) is 13.8 Å². The number of aryl methyl sites for hydroxylation is 1. The van der Waals surface area contributed by atoms with Crippen LogP contribution in [0.4, 0.5) is 5.82 Å². The van der Waals surface area contributed by atoms with Crippen molar-refractivity contribution in [3.63, 3.8) is 0 Å². The molecule has 0 saturated carbocycles. The fourth-order valence-electron chi connectivity index (χ4n) is 1.47. The van der Waals surface area contributed by atoms with Gasteiger partial charge in [0, 0.05) is 11.3 Å². The van der Waals surface area contributed by atoms with Crippen LogP contribution in [0.2, 0.25) is 10.0 Å².